The summed E-state index contributed by atoms with van der Waals surface area (Å²) >= 11 is 1.23. The molecule has 3 aromatic rings. The van der Waals surface area contributed by atoms with Crippen LogP contribution in [0.5, 0.6) is 0 Å². The van der Waals surface area contributed by atoms with E-state index in [0.29, 0.717) is 5.13 Å². The van der Waals surface area contributed by atoms with Crippen LogP contribution < -0.4 is 5.32 Å². The number of furan rings is 1. The predicted molar refractivity (Wildman–Crippen MR) is 88.6 cm³/mol. The number of hydrogen-bond acceptors (Lipinski definition) is 7. The minimum Gasteiger partial charge on any atom is -0.455 e. The van der Waals surface area contributed by atoms with Crippen molar-refractivity contribution in [2.45, 2.75) is 17.6 Å². The first-order valence-electron chi connectivity index (χ1n) is 6.92. The maximum absolute atomic E-state index is 12.3. The number of carbonyl (C=O) groups is 1. The predicted octanol–water partition coefficient (Wildman–Crippen LogP) is 2.67. The van der Waals surface area contributed by atoms with E-state index in [2.05, 4.69) is 15.5 Å². The molecule has 0 saturated carbocycles. The molecule has 1 aromatic carbocycles. The van der Waals surface area contributed by atoms with Crippen molar-refractivity contribution in [1.29, 1.82) is 0 Å². The van der Waals surface area contributed by atoms with Gasteiger partial charge in [-0.15, -0.1) is 10.2 Å². The minimum atomic E-state index is -3.53. The Balaban J connectivity index is 1.72. The summed E-state index contributed by atoms with van der Waals surface area (Å²) in [4.78, 5) is 12.3. The molecule has 2 heterocycles. The van der Waals surface area contributed by atoms with Gasteiger partial charge in [0.05, 0.1) is 4.90 Å². The van der Waals surface area contributed by atoms with Crippen molar-refractivity contribution in [1.82, 2.24) is 10.2 Å². The summed E-state index contributed by atoms with van der Waals surface area (Å²) < 4.78 is 29.9. The molecule has 0 aliphatic heterocycles. The SMILES string of the molecule is Cc1nnc(NC(=O)c2ccc(CS(=O)(=O)c3ccccc3)o2)s1. The standard InChI is InChI=1S/C15H13N3O4S2/c1-10-17-18-15(23-10)16-14(19)13-8-7-11(22-13)9-24(20,21)12-5-3-2-4-6-12/h2-8H,9H2,1H3,(H,16,18,19). The van der Waals surface area contributed by atoms with Gasteiger partial charge in [0.25, 0.3) is 5.91 Å². The van der Waals surface area contributed by atoms with E-state index in [9.17, 15) is 13.2 Å². The van der Waals surface area contributed by atoms with Gasteiger partial charge in [-0.3, -0.25) is 10.1 Å². The fourth-order valence-electron chi connectivity index (χ4n) is 1.98. The van der Waals surface area contributed by atoms with Gasteiger partial charge in [0, 0.05) is 0 Å². The molecular weight excluding hydrogens is 350 g/mol. The number of nitrogens with one attached hydrogen (secondary N) is 1. The summed E-state index contributed by atoms with van der Waals surface area (Å²) in [7, 11) is -3.53. The summed E-state index contributed by atoms with van der Waals surface area (Å²) in [6, 6.07) is 11.0. The molecule has 0 aliphatic carbocycles. The minimum absolute atomic E-state index is 0.0149. The van der Waals surface area contributed by atoms with Crippen molar-refractivity contribution in [2.75, 3.05) is 5.32 Å². The van der Waals surface area contributed by atoms with Crippen LogP contribution in [0, 0.1) is 6.92 Å². The van der Waals surface area contributed by atoms with E-state index in [1.54, 1.807) is 25.1 Å². The molecule has 1 amide bonds. The van der Waals surface area contributed by atoms with E-state index >= 15 is 0 Å². The monoisotopic (exact) mass is 363 g/mol. The number of sulfone groups is 1. The Morgan fingerprint density at radius 3 is 2.58 bits per heavy atom. The number of nitrogens with zero attached hydrogens (tertiary/aromatic N) is 2. The first-order valence-corrected chi connectivity index (χ1v) is 9.39. The van der Waals surface area contributed by atoms with E-state index in [4.69, 9.17) is 4.42 Å². The van der Waals surface area contributed by atoms with Crippen molar-refractivity contribution in [2.24, 2.45) is 0 Å². The van der Waals surface area contributed by atoms with Crippen LogP contribution in [-0.4, -0.2) is 24.5 Å². The molecule has 0 saturated heterocycles. The van der Waals surface area contributed by atoms with Gasteiger partial charge in [0.15, 0.2) is 15.6 Å². The van der Waals surface area contributed by atoms with Crippen LogP contribution in [-0.2, 0) is 15.6 Å². The van der Waals surface area contributed by atoms with Gasteiger partial charge in [0.1, 0.15) is 16.5 Å². The zero-order chi connectivity index (χ0) is 17.2. The van der Waals surface area contributed by atoms with Crippen molar-refractivity contribution in [3.63, 3.8) is 0 Å². The second-order valence-electron chi connectivity index (χ2n) is 4.92. The Hall–Kier alpha value is -2.52. The molecule has 3 rings (SSSR count). The van der Waals surface area contributed by atoms with Gasteiger partial charge in [-0.05, 0) is 31.2 Å². The average molecular weight is 363 g/mol. The molecule has 7 nitrogen and oxygen atoms in total. The lowest BCUT2D eigenvalue weighted by Gasteiger charge is -2.02. The van der Waals surface area contributed by atoms with Gasteiger partial charge in [-0.25, -0.2) is 8.42 Å². The van der Waals surface area contributed by atoms with Gasteiger partial charge in [-0.1, -0.05) is 29.5 Å². The van der Waals surface area contributed by atoms with Crippen molar-refractivity contribution in [3.8, 4) is 0 Å². The molecule has 0 radical (unpaired) electrons. The van der Waals surface area contributed by atoms with E-state index in [0.717, 1.165) is 5.01 Å². The van der Waals surface area contributed by atoms with E-state index < -0.39 is 15.7 Å². The van der Waals surface area contributed by atoms with E-state index in [1.165, 1.54) is 35.6 Å². The highest BCUT2D eigenvalue weighted by Gasteiger charge is 2.19. The highest BCUT2D eigenvalue weighted by atomic mass is 32.2. The quantitative estimate of drug-likeness (QED) is 0.748. The maximum Gasteiger partial charge on any atom is 0.293 e. The lowest BCUT2D eigenvalue weighted by atomic mass is 10.4. The number of carbonyl (C=O) groups excluding carboxylic acids is 1. The van der Waals surface area contributed by atoms with Crippen LogP contribution in [0.25, 0.3) is 0 Å². The first kappa shape index (κ1) is 16.3. The van der Waals surface area contributed by atoms with E-state index in [1.807, 2.05) is 0 Å². The van der Waals surface area contributed by atoms with Crippen LogP contribution in [0.2, 0.25) is 0 Å². The third kappa shape index (κ3) is 3.69. The molecule has 0 fully saturated rings. The highest BCUT2D eigenvalue weighted by molar-refractivity contribution is 7.90. The second kappa shape index (κ2) is 6.54. The largest absolute Gasteiger partial charge is 0.455 e. The lowest BCUT2D eigenvalue weighted by molar-refractivity contribution is 0.0995. The van der Waals surface area contributed by atoms with Crippen molar-refractivity contribution < 1.29 is 17.6 Å². The first-order chi connectivity index (χ1) is 11.4. The molecule has 9 heteroatoms. The Bertz CT molecular complexity index is 962. The van der Waals surface area contributed by atoms with Gasteiger partial charge in [-0.2, -0.15) is 0 Å². The molecular formula is C15H13N3O4S2. The summed E-state index contributed by atoms with van der Waals surface area (Å²) in [5, 5.41) is 11.2. The Labute approximate surface area is 142 Å². The zero-order valence-corrected chi connectivity index (χ0v) is 14.2. The smallest absolute Gasteiger partial charge is 0.293 e. The lowest BCUT2D eigenvalue weighted by Crippen LogP contribution is -2.10. The fraction of sp³-hybridized carbons (Fsp3) is 0.133. The van der Waals surface area contributed by atoms with Crippen LogP contribution in [0.15, 0.2) is 51.8 Å². The number of aryl methyl sites for hydroxylation is 1. The zero-order valence-electron chi connectivity index (χ0n) is 12.6. The van der Waals surface area contributed by atoms with Crippen molar-refractivity contribution in [3.05, 3.63) is 59.0 Å². The fourth-order valence-corrected chi connectivity index (χ4v) is 3.84. The summed E-state index contributed by atoms with van der Waals surface area (Å²) in [5.74, 6) is -0.615. The number of anilines is 1. The number of amides is 1. The van der Waals surface area contributed by atoms with Gasteiger partial charge < -0.3 is 4.42 Å². The summed E-state index contributed by atoms with van der Waals surface area (Å²) in [6.07, 6.45) is 0. The highest BCUT2D eigenvalue weighted by Crippen LogP contribution is 2.19. The van der Waals surface area contributed by atoms with E-state index in [-0.39, 0.29) is 22.2 Å². The average Bonchev–Trinajstić information content (AvgIpc) is 3.17. The maximum atomic E-state index is 12.3. The molecule has 0 atom stereocenters. The molecule has 0 aliphatic rings. The molecule has 2 aromatic heterocycles. The van der Waals surface area contributed by atoms with Crippen LogP contribution in [0.1, 0.15) is 21.3 Å². The van der Waals surface area contributed by atoms with Crippen molar-refractivity contribution >= 4 is 32.2 Å². The number of hydrogen-bond donors (Lipinski definition) is 1. The third-order valence-electron chi connectivity index (χ3n) is 3.07. The summed E-state index contributed by atoms with van der Waals surface area (Å²) in [6.45, 7) is 1.77. The van der Waals surface area contributed by atoms with Crippen LogP contribution in [0.4, 0.5) is 5.13 Å². The second-order valence-corrected chi connectivity index (χ2v) is 8.09. The van der Waals surface area contributed by atoms with Gasteiger partial charge in [0.2, 0.25) is 5.13 Å². The number of aromatic nitrogens is 2. The molecule has 0 unspecified atom stereocenters. The summed E-state index contributed by atoms with van der Waals surface area (Å²) in [5.41, 5.74) is 0. The molecule has 0 bridgehead atoms. The molecule has 1 N–H and O–H groups in total. The topological polar surface area (TPSA) is 102 Å². The Morgan fingerprint density at radius 1 is 1.17 bits per heavy atom. The number of benzene rings is 1. The Morgan fingerprint density at radius 2 is 1.92 bits per heavy atom. The normalized spacial score (nSPS) is 11.4. The third-order valence-corrected chi connectivity index (χ3v) is 5.48. The Kier molecular flexibility index (Phi) is 4.45. The molecule has 124 valence electrons. The van der Waals surface area contributed by atoms with Crippen LogP contribution >= 0.6 is 11.3 Å². The van der Waals surface area contributed by atoms with Gasteiger partial charge >= 0.3 is 0 Å². The molecule has 24 heavy (non-hydrogen) atoms. The van der Waals surface area contributed by atoms with Crippen LogP contribution in [0.3, 0.4) is 0 Å². The molecule has 0 spiro atoms. The number of rotatable bonds is 5.